The number of carbonyl (C=O) groups is 1. The van der Waals surface area contributed by atoms with Gasteiger partial charge < -0.3 is 15.5 Å². The number of carbonyl (C=O) groups excluding carboxylic acids is 1. The molecule has 0 radical (unpaired) electrons. The van der Waals surface area contributed by atoms with Crippen LogP contribution in [0.4, 0.5) is 0 Å². The first-order chi connectivity index (χ1) is 13.6. The Hall–Kier alpha value is -0.830. The third kappa shape index (κ3) is 5.27. The quantitative estimate of drug-likeness (QED) is 0.317. The number of nitrogens with zero attached hydrogens (tertiary/aromatic N) is 2. The summed E-state index contributed by atoms with van der Waals surface area (Å²) in [4.78, 5) is 19.1. The largest absolute Gasteiger partial charge is 0.356 e. The molecule has 7 heteroatoms. The monoisotopic (exact) mass is 574 g/mol. The highest BCUT2D eigenvalue weighted by atomic mass is 127. The van der Waals surface area contributed by atoms with Crippen molar-refractivity contribution in [2.75, 3.05) is 26.7 Å². The number of halogens is 2. The molecule has 2 saturated carbocycles. The molecule has 1 saturated heterocycles. The third-order valence-corrected chi connectivity index (χ3v) is 7.35. The van der Waals surface area contributed by atoms with Gasteiger partial charge in [0, 0.05) is 48.5 Å². The first kappa shape index (κ1) is 22.8. The summed E-state index contributed by atoms with van der Waals surface area (Å²) >= 11 is 3.70. The Morgan fingerprint density at radius 3 is 2.62 bits per heavy atom. The molecule has 5 nitrogen and oxygen atoms in total. The van der Waals surface area contributed by atoms with Gasteiger partial charge in [-0.1, -0.05) is 47.0 Å². The van der Waals surface area contributed by atoms with Crippen LogP contribution >= 0.6 is 39.9 Å². The van der Waals surface area contributed by atoms with Crippen molar-refractivity contribution < 1.29 is 4.79 Å². The van der Waals surface area contributed by atoms with Crippen molar-refractivity contribution >= 4 is 51.8 Å². The van der Waals surface area contributed by atoms with Crippen LogP contribution in [0.2, 0.25) is 0 Å². The van der Waals surface area contributed by atoms with Crippen LogP contribution in [0.3, 0.4) is 0 Å². The minimum Gasteiger partial charge on any atom is -0.356 e. The molecule has 160 valence electrons. The standard InChI is InChI=1S/C22H31BrN4O.HI/c1-24-21(25-15-22(11-12-22)18-8-4-5-9-19(18)23)26-17-10-13-27(14-17)20(28)16-6-2-3-7-16;/h4-5,8-9,16-17H,2-3,6-7,10-15H2,1H3,(H2,24,25,26);1H. The van der Waals surface area contributed by atoms with E-state index in [0.717, 1.165) is 44.9 Å². The Labute approximate surface area is 199 Å². The zero-order valence-electron chi connectivity index (χ0n) is 17.1. The molecule has 0 aromatic heterocycles. The summed E-state index contributed by atoms with van der Waals surface area (Å²) in [6, 6.07) is 8.81. The maximum Gasteiger partial charge on any atom is 0.225 e. The van der Waals surface area contributed by atoms with Crippen LogP contribution in [0.1, 0.15) is 50.5 Å². The smallest absolute Gasteiger partial charge is 0.225 e. The molecule has 0 spiro atoms. The number of benzene rings is 1. The average molecular weight is 575 g/mol. The van der Waals surface area contributed by atoms with Crippen LogP contribution < -0.4 is 10.6 Å². The molecular weight excluding hydrogens is 543 g/mol. The molecule has 3 aliphatic rings. The van der Waals surface area contributed by atoms with E-state index in [-0.39, 0.29) is 41.4 Å². The topological polar surface area (TPSA) is 56.7 Å². The molecule has 1 aromatic rings. The molecule has 1 unspecified atom stereocenters. The molecule has 2 aliphatic carbocycles. The number of nitrogens with one attached hydrogen (secondary N) is 2. The van der Waals surface area contributed by atoms with Crippen molar-refractivity contribution in [2.45, 2.75) is 56.4 Å². The molecule has 0 bridgehead atoms. The Kier molecular flexibility index (Phi) is 7.87. The van der Waals surface area contributed by atoms with Gasteiger partial charge in [-0.2, -0.15) is 0 Å². The van der Waals surface area contributed by atoms with Crippen molar-refractivity contribution in [3.05, 3.63) is 34.3 Å². The molecule has 3 fully saturated rings. The van der Waals surface area contributed by atoms with E-state index in [1.807, 2.05) is 7.05 Å². The van der Waals surface area contributed by atoms with Gasteiger partial charge in [-0.25, -0.2) is 0 Å². The van der Waals surface area contributed by atoms with Gasteiger partial charge in [0.15, 0.2) is 5.96 Å². The summed E-state index contributed by atoms with van der Waals surface area (Å²) in [7, 11) is 1.82. The van der Waals surface area contributed by atoms with Gasteiger partial charge in [-0.05, 0) is 43.7 Å². The fourth-order valence-corrected chi connectivity index (χ4v) is 5.44. The average Bonchev–Trinajstić information content (AvgIpc) is 3.11. The molecule has 1 aliphatic heterocycles. The zero-order chi connectivity index (χ0) is 19.6. The Balaban J connectivity index is 0.00000240. The van der Waals surface area contributed by atoms with E-state index < -0.39 is 0 Å². The second kappa shape index (κ2) is 9.98. The van der Waals surface area contributed by atoms with Gasteiger partial charge in [0.25, 0.3) is 0 Å². The maximum absolute atomic E-state index is 12.7. The van der Waals surface area contributed by atoms with Crippen LogP contribution in [-0.2, 0) is 10.2 Å². The number of guanidine groups is 1. The molecule has 1 heterocycles. The van der Waals surface area contributed by atoms with Gasteiger partial charge in [0.2, 0.25) is 5.91 Å². The van der Waals surface area contributed by atoms with E-state index in [1.54, 1.807) is 0 Å². The zero-order valence-corrected chi connectivity index (χ0v) is 21.0. The van der Waals surface area contributed by atoms with Gasteiger partial charge in [-0.15, -0.1) is 24.0 Å². The van der Waals surface area contributed by atoms with Crippen LogP contribution in [0, 0.1) is 5.92 Å². The highest BCUT2D eigenvalue weighted by Crippen LogP contribution is 2.49. The fraction of sp³-hybridized carbons (Fsp3) is 0.636. The van der Waals surface area contributed by atoms with Gasteiger partial charge >= 0.3 is 0 Å². The molecular formula is C22H32BrIN4O. The highest BCUT2D eigenvalue weighted by molar-refractivity contribution is 14.0. The lowest BCUT2D eigenvalue weighted by Gasteiger charge is -2.23. The molecule has 1 aromatic carbocycles. The lowest BCUT2D eigenvalue weighted by molar-refractivity contribution is -0.134. The van der Waals surface area contributed by atoms with E-state index >= 15 is 0 Å². The lowest BCUT2D eigenvalue weighted by atomic mass is 9.96. The van der Waals surface area contributed by atoms with Crippen LogP contribution in [-0.4, -0.2) is 49.5 Å². The van der Waals surface area contributed by atoms with Gasteiger partial charge in [0.05, 0.1) is 0 Å². The third-order valence-electron chi connectivity index (χ3n) is 6.66. The van der Waals surface area contributed by atoms with E-state index in [0.29, 0.717) is 5.91 Å². The molecule has 1 atom stereocenters. The number of aliphatic imine (C=N–C) groups is 1. The summed E-state index contributed by atoms with van der Waals surface area (Å²) in [6.07, 6.45) is 7.97. The van der Waals surface area contributed by atoms with Crippen molar-refractivity contribution in [1.82, 2.24) is 15.5 Å². The minimum atomic E-state index is 0. The number of hydrogen-bond donors (Lipinski definition) is 2. The van der Waals surface area contributed by atoms with E-state index in [4.69, 9.17) is 0 Å². The van der Waals surface area contributed by atoms with Crippen LogP contribution in [0.5, 0.6) is 0 Å². The minimum absolute atomic E-state index is 0. The van der Waals surface area contributed by atoms with Crippen molar-refractivity contribution in [2.24, 2.45) is 10.9 Å². The molecule has 4 rings (SSSR count). The maximum atomic E-state index is 12.7. The molecule has 2 N–H and O–H groups in total. The fourth-order valence-electron chi connectivity index (χ4n) is 4.73. The lowest BCUT2D eigenvalue weighted by Crippen LogP contribution is -2.47. The summed E-state index contributed by atoms with van der Waals surface area (Å²) < 4.78 is 1.19. The van der Waals surface area contributed by atoms with Crippen molar-refractivity contribution in [3.63, 3.8) is 0 Å². The van der Waals surface area contributed by atoms with Crippen LogP contribution in [0.15, 0.2) is 33.7 Å². The first-order valence-electron chi connectivity index (χ1n) is 10.6. The predicted molar refractivity (Wildman–Crippen MR) is 132 cm³/mol. The van der Waals surface area contributed by atoms with E-state index in [9.17, 15) is 4.79 Å². The van der Waals surface area contributed by atoms with Crippen molar-refractivity contribution in [3.8, 4) is 0 Å². The Morgan fingerprint density at radius 1 is 1.24 bits per heavy atom. The SMILES string of the molecule is CN=C(NCC1(c2ccccc2Br)CC1)NC1CCN(C(=O)C2CCCC2)C1.I. The summed E-state index contributed by atoms with van der Waals surface area (Å²) in [5, 5.41) is 7.08. The van der Waals surface area contributed by atoms with E-state index in [1.165, 1.54) is 35.7 Å². The van der Waals surface area contributed by atoms with Crippen molar-refractivity contribution in [1.29, 1.82) is 0 Å². The number of likely N-dealkylation sites (tertiary alicyclic amines) is 1. The van der Waals surface area contributed by atoms with E-state index in [2.05, 4.69) is 60.7 Å². The van der Waals surface area contributed by atoms with Crippen LogP contribution in [0.25, 0.3) is 0 Å². The first-order valence-corrected chi connectivity index (χ1v) is 11.4. The molecule has 1 amide bonds. The summed E-state index contributed by atoms with van der Waals surface area (Å²) in [6.45, 7) is 2.54. The Morgan fingerprint density at radius 2 is 1.97 bits per heavy atom. The second-order valence-electron chi connectivity index (χ2n) is 8.58. The number of amides is 1. The second-order valence-corrected chi connectivity index (χ2v) is 9.44. The highest BCUT2D eigenvalue weighted by Gasteiger charge is 2.45. The number of rotatable bonds is 5. The normalized spacial score (nSPS) is 23.6. The summed E-state index contributed by atoms with van der Waals surface area (Å²) in [5.41, 5.74) is 1.59. The summed E-state index contributed by atoms with van der Waals surface area (Å²) in [5.74, 6) is 1.49. The number of hydrogen-bond acceptors (Lipinski definition) is 2. The predicted octanol–water partition coefficient (Wildman–Crippen LogP) is 4.05. The van der Waals surface area contributed by atoms with Gasteiger partial charge in [-0.3, -0.25) is 9.79 Å². The molecule has 29 heavy (non-hydrogen) atoms. The Bertz CT molecular complexity index is 746. The van der Waals surface area contributed by atoms with Gasteiger partial charge in [0.1, 0.15) is 0 Å².